The molecule has 1 aliphatic heterocycles. The maximum absolute atomic E-state index is 5.21. The van der Waals surface area contributed by atoms with Gasteiger partial charge in [0, 0.05) is 37.0 Å². The Bertz CT molecular complexity index is 861. The number of anilines is 1. The molecule has 0 saturated carbocycles. The molecular weight excluding hydrogens is 304 g/mol. The second kappa shape index (κ2) is 6.07. The Morgan fingerprint density at radius 3 is 3.00 bits per heavy atom. The van der Waals surface area contributed by atoms with Crippen LogP contribution in [0.2, 0.25) is 0 Å². The van der Waals surface area contributed by atoms with E-state index < -0.39 is 0 Å². The van der Waals surface area contributed by atoms with Gasteiger partial charge in [-0.25, -0.2) is 4.98 Å². The minimum absolute atomic E-state index is 0.331. The Hall–Kier alpha value is -2.70. The van der Waals surface area contributed by atoms with E-state index >= 15 is 0 Å². The number of methoxy groups -OCH3 is 1. The Labute approximate surface area is 140 Å². The summed E-state index contributed by atoms with van der Waals surface area (Å²) in [6.45, 7) is 3.81. The van der Waals surface area contributed by atoms with Crippen LogP contribution in [-0.4, -0.2) is 44.8 Å². The Kier molecular flexibility index (Phi) is 3.76. The number of hydrogen-bond donors (Lipinski definition) is 0. The molecule has 4 rings (SSSR count). The lowest BCUT2D eigenvalue weighted by atomic mass is 9.97. The molecule has 1 atom stereocenters. The Morgan fingerprint density at radius 2 is 2.12 bits per heavy atom. The monoisotopic (exact) mass is 324 g/mol. The zero-order valence-corrected chi connectivity index (χ0v) is 13.9. The van der Waals surface area contributed by atoms with Crippen molar-refractivity contribution in [3.8, 4) is 6.01 Å². The maximum atomic E-state index is 5.21. The second-order valence-electron chi connectivity index (χ2n) is 6.13. The average Bonchev–Trinajstić information content (AvgIpc) is 3.05. The van der Waals surface area contributed by atoms with E-state index in [0.717, 1.165) is 48.9 Å². The minimum atomic E-state index is 0.331. The van der Waals surface area contributed by atoms with Crippen LogP contribution in [0.1, 0.15) is 30.3 Å². The van der Waals surface area contributed by atoms with Crippen LogP contribution in [0, 0.1) is 6.92 Å². The van der Waals surface area contributed by atoms with Crippen LogP contribution in [-0.2, 0) is 0 Å². The summed E-state index contributed by atoms with van der Waals surface area (Å²) in [6, 6.07) is 8.40. The molecule has 0 N–H and O–H groups in total. The van der Waals surface area contributed by atoms with E-state index in [1.54, 1.807) is 7.11 Å². The summed E-state index contributed by atoms with van der Waals surface area (Å²) in [5.74, 6) is 2.27. The van der Waals surface area contributed by atoms with Gasteiger partial charge >= 0.3 is 6.01 Å². The zero-order valence-electron chi connectivity index (χ0n) is 13.9. The van der Waals surface area contributed by atoms with Crippen molar-refractivity contribution >= 4 is 11.5 Å². The summed E-state index contributed by atoms with van der Waals surface area (Å²) in [7, 11) is 1.60. The van der Waals surface area contributed by atoms with Crippen LogP contribution < -0.4 is 9.64 Å². The largest absolute Gasteiger partial charge is 0.467 e. The fourth-order valence-corrected chi connectivity index (χ4v) is 3.31. The average molecular weight is 324 g/mol. The summed E-state index contributed by atoms with van der Waals surface area (Å²) in [6.07, 6.45) is 4.23. The molecule has 7 nitrogen and oxygen atoms in total. The van der Waals surface area contributed by atoms with Crippen molar-refractivity contribution in [3.05, 3.63) is 42.0 Å². The van der Waals surface area contributed by atoms with Crippen LogP contribution >= 0.6 is 0 Å². The minimum Gasteiger partial charge on any atom is -0.467 e. The lowest BCUT2D eigenvalue weighted by Crippen LogP contribution is -2.35. The third-order valence-corrected chi connectivity index (χ3v) is 4.45. The summed E-state index contributed by atoms with van der Waals surface area (Å²) in [5.41, 5.74) is 1.80. The van der Waals surface area contributed by atoms with Crippen LogP contribution in [0.25, 0.3) is 5.65 Å². The molecule has 0 bridgehead atoms. The summed E-state index contributed by atoms with van der Waals surface area (Å²) in [5, 5.41) is 8.71. The maximum Gasteiger partial charge on any atom is 0.318 e. The van der Waals surface area contributed by atoms with Crippen molar-refractivity contribution in [2.24, 2.45) is 0 Å². The van der Waals surface area contributed by atoms with Crippen molar-refractivity contribution in [1.82, 2.24) is 24.6 Å². The molecule has 1 saturated heterocycles. The molecule has 0 aromatic carbocycles. The highest BCUT2D eigenvalue weighted by Crippen LogP contribution is 2.29. The molecule has 3 aromatic heterocycles. The van der Waals surface area contributed by atoms with Crippen LogP contribution in [0.5, 0.6) is 6.01 Å². The normalized spacial score (nSPS) is 18.1. The van der Waals surface area contributed by atoms with Crippen LogP contribution in [0.15, 0.2) is 30.5 Å². The molecule has 4 heterocycles. The topological polar surface area (TPSA) is 68.4 Å². The molecule has 0 amide bonds. The lowest BCUT2D eigenvalue weighted by molar-refractivity contribution is 0.377. The molecule has 124 valence electrons. The smallest absolute Gasteiger partial charge is 0.318 e. The van der Waals surface area contributed by atoms with Crippen molar-refractivity contribution in [2.75, 3.05) is 25.1 Å². The van der Waals surface area contributed by atoms with Gasteiger partial charge in [0.15, 0.2) is 5.65 Å². The van der Waals surface area contributed by atoms with Gasteiger partial charge in [-0.2, -0.15) is 4.98 Å². The first kappa shape index (κ1) is 14.9. The molecule has 0 aliphatic carbocycles. The summed E-state index contributed by atoms with van der Waals surface area (Å²) >= 11 is 0. The number of aromatic nitrogens is 5. The number of aryl methyl sites for hydroxylation is 1. The van der Waals surface area contributed by atoms with Gasteiger partial charge < -0.3 is 9.64 Å². The molecule has 24 heavy (non-hydrogen) atoms. The van der Waals surface area contributed by atoms with Crippen molar-refractivity contribution in [2.45, 2.75) is 25.7 Å². The summed E-state index contributed by atoms with van der Waals surface area (Å²) in [4.78, 5) is 11.1. The van der Waals surface area contributed by atoms with E-state index in [1.165, 1.54) is 0 Å². The Morgan fingerprint density at radius 1 is 1.21 bits per heavy atom. The first-order valence-corrected chi connectivity index (χ1v) is 8.19. The van der Waals surface area contributed by atoms with E-state index in [4.69, 9.17) is 4.74 Å². The zero-order chi connectivity index (χ0) is 16.5. The third-order valence-electron chi connectivity index (χ3n) is 4.45. The number of pyridine rings is 1. The highest BCUT2D eigenvalue weighted by atomic mass is 16.5. The SMILES string of the molecule is COc1nc(C)cc(N2CCCC(c3nnc4ccccn34)C2)n1. The second-order valence-corrected chi connectivity index (χ2v) is 6.13. The number of fused-ring (bicyclic) bond motifs is 1. The predicted molar refractivity (Wildman–Crippen MR) is 90.5 cm³/mol. The molecular formula is C17H20N6O. The van der Waals surface area contributed by atoms with Crippen LogP contribution in [0.4, 0.5) is 5.82 Å². The van der Waals surface area contributed by atoms with Crippen molar-refractivity contribution in [1.29, 1.82) is 0 Å². The molecule has 7 heteroatoms. The molecule has 1 unspecified atom stereocenters. The van der Waals surface area contributed by atoms with E-state index in [2.05, 4.69) is 29.5 Å². The van der Waals surface area contributed by atoms with Crippen molar-refractivity contribution in [3.63, 3.8) is 0 Å². The van der Waals surface area contributed by atoms with E-state index in [0.29, 0.717) is 11.9 Å². The fraction of sp³-hybridized carbons (Fsp3) is 0.412. The quantitative estimate of drug-likeness (QED) is 0.736. The number of hydrogen-bond acceptors (Lipinski definition) is 6. The van der Waals surface area contributed by atoms with Gasteiger partial charge in [-0.15, -0.1) is 10.2 Å². The highest BCUT2D eigenvalue weighted by molar-refractivity contribution is 5.43. The van der Waals surface area contributed by atoms with Gasteiger partial charge in [-0.05, 0) is 31.9 Å². The molecule has 1 aliphatic rings. The molecule has 1 fully saturated rings. The number of ether oxygens (including phenoxy) is 1. The summed E-state index contributed by atoms with van der Waals surface area (Å²) < 4.78 is 7.29. The Balaban J connectivity index is 1.63. The number of nitrogens with zero attached hydrogens (tertiary/aromatic N) is 6. The van der Waals surface area contributed by atoms with Crippen molar-refractivity contribution < 1.29 is 4.74 Å². The van der Waals surface area contributed by atoms with Gasteiger partial charge in [-0.1, -0.05) is 6.07 Å². The molecule has 3 aromatic rings. The number of rotatable bonds is 3. The standard InChI is InChI=1S/C17H20N6O/c1-12-10-15(19-17(18-12)24-2)22-8-5-6-13(11-22)16-21-20-14-7-3-4-9-23(14)16/h3-4,7,9-10,13H,5-6,8,11H2,1-2H3. The fourth-order valence-electron chi connectivity index (χ4n) is 3.31. The van der Waals surface area contributed by atoms with E-state index in [9.17, 15) is 0 Å². The van der Waals surface area contributed by atoms with Crippen LogP contribution in [0.3, 0.4) is 0 Å². The van der Waals surface area contributed by atoms with Gasteiger partial charge in [0.05, 0.1) is 7.11 Å². The van der Waals surface area contributed by atoms with Gasteiger partial charge in [0.1, 0.15) is 11.6 Å². The first-order chi connectivity index (χ1) is 11.7. The third kappa shape index (κ3) is 2.66. The number of piperidine rings is 1. The molecule has 0 radical (unpaired) electrons. The predicted octanol–water partition coefficient (Wildman–Crippen LogP) is 2.22. The molecule has 0 spiro atoms. The van der Waals surface area contributed by atoms with Gasteiger partial charge in [0.25, 0.3) is 0 Å². The highest BCUT2D eigenvalue weighted by Gasteiger charge is 2.26. The lowest BCUT2D eigenvalue weighted by Gasteiger charge is -2.32. The van der Waals surface area contributed by atoms with E-state index in [1.807, 2.05) is 37.4 Å². The van der Waals surface area contributed by atoms with Gasteiger partial charge in [0.2, 0.25) is 0 Å². The first-order valence-electron chi connectivity index (χ1n) is 8.19. The van der Waals surface area contributed by atoms with Gasteiger partial charge in [-0.3, -0.25) is 4.40 Å². The van der Waals surface area contributed by atoms with E-state index in [-0.39, 0.29) is 0 Å².